The summed E-state index contributed by atoms with van der Waals surface area (Å²) in [7, 11) is 0. The summed E-state index contributed by atoms with van der Waals surface area (Å²) in [6.45, 7) is 4.61. The number of rotatable bonds is 0. The maximum atomic E-state index is 2.34. The van der Waals surface area contributed by atoms with Crippen molar-refractivity contribution < 1.29 is 0 Å². The van der Waals surface area contributed by atoms with Crippen molar-refractivity contribution in [1.29, 1.82) is 0 Å². The molecule has 0 aliphatic heterocycles. The minimum atomic E-state index is 0.388. The summed E-state index contributed by atoms with van der Waals surface area (Å²) in [6, 6.07) is 2.26. The molecule has 0 radical (unpaired) electrons. The molecule has 1 heteroatoms. The predicted octanol–water partition coefficient (Wildman–Crippen LogP) is 3.73. The molecule has 0 N–H and O–H groups in total. The molecule has 0 nitrogen and oxygen atoms in total. The average molecular weight is 178 g/mol. The molecule has 0 atom stereocenters. The van der Waals surface area contributed by atoms with Crippen LogP contribution in [-0.2, 0) is 6.42 Å². The van der Waals surface area contributed by atoms with Crippen LogP contribution < -0.4 is 0 Å². The molecule has 1 aliphatic carbocycles. The van der Waals surface area contributed by atoms with Crippen LogP contribution >= 0.6 is 11.3 Å². The van der Waals surface area contributed by atoms with Crippen molar-refractivity contribution in [3.05, 3.63) is 28.0 Å². The maximum absolute atomic E-state index is 2.34. The normalized spacial score (nSPS) is 20.2. The molecule has 0 bridgehead atoms. The summed E-state index contributed by atoms with van der Waals surface area (Å²) in [5.41, 5.74) is 1.92. The molecule has 0 saturated heterocycles. The molecule has 0 aromatic carbocycles. The van der Waals surface area contributed by atoms with E-state index in [0.717, 1.165) is 0 Å². The van der Waals surface area contributed by atoms with E-state index in [4.69, 9.17) is 0 Å². The van der Waals surface area contributed by atoms with E-state index in [2.05, 4.69) is 37.4 Å². The van der Waals surface area contributed by atoms with E-state index >= 15 is 0 Å². The van der Waals surface area contributed by atoms with Crippen LogP contribution in [0.25, 0.3) is 6.08 Å². The first-order chi connectivity index (χ1) is 5.67. The van der Waals surface area contributed by atoms with Crippen molar-refractivity contribution in [1.82, 2.24) is 0 Å². The number of aryl methyl sites for hydroxylation is 1. The lowest BCUT2D eigenvalue weighted by Gasteiger charge is -2.17. The maximum Gasteiger partial charge on any atom is 0.0299 e. The minimum Gasteiger partial charge on any atom is -0.144 e. The lowest BCUT2D eigenvalue weighted by Crippen LogP contribution is -2.06. The Labute approximate surface area is 77.9 Å². The summed E-state index contributed by atoms with van der Waals surface area (Å²) >= 11 is 1.85. The van der Waals surface area contributed by atoms with Gasteiger partial charge >= 0.3 is 0 Å². The fourth-order valence-corrected chi connectivity index (χ4v) is 2.39. The highest BCUT2D eigenvalue weighted by molar-refractivity contribution is 7.11. The molecular formula is C11H14S. The summed E-state index contributed by atoms with van der Waals surface area (Å²) in [6.07, 6.45) is 7.13. The van der Waals surface area contributed by atoms with Gasteiger partial charge < -0.3 is 0 Å². The summed E-state index contributed by atoms with van der Waals surface area (Å²) in [5.74, 6) is 0. The van der Waals surface area contributed by atoms with Gasteiger partial charge in [0.15, 0.2) is 0 Å². The molecule has 1 aliphatic rings. The van der Waals surface area contributed by atoms with Gasteiger partial charge in [-0.3, -0.25) is 0 Å². The molecule has 0 saturated carbocycles. The highest BCUT2D eigenvalue weighted by atomic mass is 32.1. The Hall–Kier alpha value is -0.560. The molecule has 0 amide bonds. The fourth-order valence-electron chi connectivity index (χ4n) is 1.54. The second kappa shape index (κ2) is 2.74. The monoisotopic (exact) mass is 178 g/mol. The van der Waals surface area contributed by atoms with Crippen LogP contribution in [0.5, 0.6) is 0 Å². The van der Waals surface area contributed by atoms with Gasteiger partial charge in [0.05, 0.1) is 0 Å². The standard InChI is InChI=1S/C11H14S/c1-11(2)6-3-9-5-8-12-10(9)4-7-11/h4-5,7-8H,3,6H2,1-2H3. The summed E-state index contributed by atoms with van der Waals surface area (Å²) < 4.78 is 0. The molecule has 0 unspecified atom stereocenters. The van der Waals surface area contributed by atoms with Crippen molar-refractivity contribution in [2.75, 3.05) is 0 Å². The number of hydrogen-bond acceptors (Lipinski definition) is 1. The van der Waals surface area contributed by atoms with Crippen LogP contribution in [0, 0.1) is 5.41 Å². The van der Waals surface area contributed by atoms with Gasteiger partial charge in [0, 0.05) is 4.88 Å². The van der Waals surface area contributed by atoms with Crippen LogP contribution in [-0.4, -0.2) is 0 Å². The highest BCUT2D eigenvalue weighted by Gasteiger charge is 2.17. The highest BCUT2D eigenvalue weighted by Crippen LogP contribution is 2.32. The molecule has 1 aromatic rings. The predicted molar refractivity (Wildman–Crippen MR) is 55.5 cm³/mol. The van der Waals surface area contributed by atoms with E-state index in [0.29, 0.717) is 5.41 Å². The fraction of sp³-hybridized carbons (Fsp3) is 0.455. The molecule has 0 fully saturated rings. The van der Waals surface area contributed by atoms with Crippen molar-refractivity contribution in [2.45, 2.75) is 26.7 Å². The number of hydrogen-bond donors (Lipinski definition) is 0. The van der Waals surface area contributed by atoms with Crippen molar-refractivity contribution in [3.63, 3.8) is 0 Å². The minimum absolute atomic E-state index is 0.388. The second-order valence-electron chi connectivity index (χ2n) is 4.13. The van der Waals surface area contributed by atoms with Crippen LogP contribution in [0.4, 0.5) is 0 Å². The van der Waals surface area contributed by atoms with E-state index < -0.39 is 0 Å². The zero-order valence-electron chi connectivity index (χ0n) is 7.63. The Morgan fingerprint density at radius 2 is 2.25 bits per heavy atom. The summed E-state index contributed by atoms with van der Waals surface area (Å²) in [5, 5.41) is 2.19. The van der Waals surface area contributed by atoms with Crippen LogP contribution in [0.3, 0.4) is 0 Å². The van der Waals surface area contributed by atoms with Gasteiger partial charge in [-0.1, -0.05) is 19.9 Å². The van der Waals surface area contributed by atoms with Crippen LogP contribution in [0.2, 0.25) is 0 Å². The Morgan fingerprint density at radius 1 is 1.42 bits per heavy atom. The van der Waals surface area contributed by atoms with Crippen molar-refractivity contribution >= 4 is 17.4 Å². The molecule has 1 aromatic heterocycles. The number of thiophene rings is 1. The Morgan fingerprint density at radius 3 is 3.08 bits per heavy atom. The zero-order chi connectivity index (χ0) is 8.60. The first-order valence-electron chi connectivity index (χ1n) is 4.43. The molecule has 64 valence electrons. The quantitative estimate of drug-likeness (QED) is 0.568. The Balaban J connectivity index is 2.36. The van der Waals surface area contributed by atoms with Gasteiger partial charge in [-0.25, -0.2) is 0 Å². The SMILES string of the molecule is CC1(C)C=Cc2sccc2CC1. The molecule has 12 heavy (non-hydrogen) atoms. The third-order valence-corrected chi connectivity index (χ3v) is 3.43. The van der Waals surface area contributed by atoms with Gasteiger partial charge in [0.2, 0.25) is 0 Å². The lowest BCUT2D eigenvalue weighted by atomic mass is 9.88. The Bertz CT molecular complexity index is 305. The third-order valence-electron chi connectivity index (χ3n) is 2.51. The molecular weight excluding hydrogens is 164 g/mol. The molecule has 0 spiro atoms. The topological polar surface area (TPSA) is 0 Å². The average Bonchev–Trinajstić information content (AvgIpc) is 2.40. The molecule has 1 heterocycles. The van der Waals surface area contributed by atoms with Crippen LogP contribution in [0.1, 0.15) is 30.7 Å². The Kier molecular flexibility index (Phi) is 1.84. The number of fused-ring (bicyclic) bond motifs is 1. The molecule has 2 rings (SSSR count). The smallest absolute Gasteiger partial charge is 0.0299 e. The van der Waals surface area contributed by atoms with E-state index in [1.54, 1.807) is 0 Å². The lowest BCUT2D eigenvalue weighted by molar-refractivity contribution is 0.443. The van der Waals surface area contributed by atoms with Gasteiger partial charge in [0.1, 0.15) is 0 Å². The first kappa shape index (κ1) is 8.06. The van der Waals surface area contributed by atoms with Gasteiger partial charge in [-0.05, 0) is 41.3 Å². The van der Waals surface area contributed by atoms with Gasteiger partial charge in [0.25, 0.3) is 0 Å². The van der Waals surface area contributed by atoms with E-state index in [1.165, 1.54) is 23.3 Å². The van der Waals surface area contributed by atoms with Crippen molar-refractivity contribution in [2.24, 2.45) is 5.41 Å². The van der Waals surface area contributed by atoms with Crippen molar-refractivity contribution in [3.8, 4) is 0 Å². The summed E-state index contributed by atoms with van der Waals surface area (Å²) in [4.78, 5) is 1.46. The van der Waals surface area contributed by atoms with E-state index in [-0.39, 0.29) is 0 Å². The van der Waals surface area contributed by atoms with Gasteiger partial charge in [-0.2, -0.15) is 0 Å². The first-order valence-corrected chi connectivity index (χ1v) is 5.31. The second-order valence-corrected chi connectivity index (χ2v) is 5.08. The number of allylic oxidation sites excluding steroid dienone is 1. The van der Waals surface area contributed by atoms with Crippen LogP contribution in [0.15, 0.2) is 17.5 Å². The third kappa shape index (κ3) is 1.46. The largest absolute Gasteiger partial charge is 0.144 e. The van der Waals surface area contributed by atoms with E-state index in [1.807, 2.05) is 11.3 Å². The zero-order valence-corrected chi connectivity index (χ0v) is 8.45. The van der Waals surface area contributed by atoms with Gasteiger partial charge in [-0.15, -0.1) is 11.3 Å². The van der Waals surface area contributed by atoms with E-state index in [9.17, 15) is 0 Å².